The maximum absolute atomic E-state index is 5.54. The lowest BCUT2D eigenvalue weighted by atomic mass is 10.2. The second-order valence-corrected chi connectivity index (χ2v) is 4.48. The van der Waals surface area contributed by atoms with E-state index in [0.29, 0.717) is 6.10 Å². The van der Waals surface area contributed by atoms with E-state index in [4.69, 9.17) is 4.74 Å². The third-order valence-corrected chi connectivity index (χ3v) is 3.28. The lowest BCUT2D eigenvalue weighted by Gasteiger charge is -2.06. The molecule has 1 aromatic heterocycles. The molecule has 1 saturated heterocycles. The van der Waals surface area contributed by atoms with Crippen molar-refractivity contribution in [3.8, 4) is 0 Å². The Kier molecular flexibility index (Phi) is 3.35. The van der Waals surface area contributed by atoms with Crippen LogP contribution < -0.4 is 5.32 Å². The molecule has 0 aliphatic carbocycles. The van der Waals surface area contributed by atoms with Gasteiger partial charge in [-0.1, -0.05) is 6.07 Å². The zero-order valence-electron chi connectivity index (χ0n) is 7.74. The molecule has 0 spiro atoms. The number of hydrogen-bond acceptors (Lipinski definition) is 2. The summed E-state index contributed by atoms with van der Waals surface area (Å²) in [5.74, 6) is 0. The highest BCUT2D eigenvalue weighted by molar-refractivity contribution is 7.09. The van der Waals surface area contributed by atoms with Crippen molar-refractivity contribution < 1.29 is 10.1 Å². The Morgan fingerprint density at radius 3 is 3.31 bits per heavy atom. The minimum absolute atomic E-state index is 0.514. The monoisotopic (exact) mass is 198 g/mol. The first kappa shape index (κ1) is 9.19. The van der Waals surface area contributed by atoms with Crippen LogP contribution in [0.2, 0.25) is 0 Å². The van der Waals surface area contributed by atoms with Crippen molar-refractivity contribution >= 4 is 11.3 Å². The summed E-state index contributed by atoms with van der Waals surface area (Å²) in [6.45, 7) is 3.20. The average molecular weight is 198 g/mol. The van der Waals surface area contributed by atoms with E-state index in [2.05, 4.69) is 22.8 Å². The number of ether oxygens (including phenoxy) is 1. The third kappa shape index (κ3) is 2.79. The van der Waals surface area contributed by atoms with Crippen LogP contribution in [0.1, 0.15) is 17.7 Å². The second-order valence-electron chi connectivity index (χ2n) is 3.44. The van der Waals surface area contributed by atoms with Crippen molar-refractivity contribution in [2.24, 2.45) is 0 Å². The van der Waals surface area contributed by atoms with Gasteiger partial charge in [0.15, 0.2) is 0 Å². The van der Waals surface area contributed by atoms with Gasteiger partial charge in [0, 0.05) is 6.61 Å². The molecule has 1 aromatic rings. The van der Waals surface area contributed by atoms with Crippen LogP contribution in [0.5, 0.6) is 0 Å². The predicted molar refractivity (Wildman–Crippen MR) is 53.8 cm³/mol. The lowest BCUT2D eigenvalue weighted by Crippen LogP contribution is -2.84. The van der Waals surface area contributed by atoms with Gasteiger partial charge in [0.2, 0.25) is 0 Å². The van der Waals surface area contributed by atoms with Crippen LogP contribution in [0.15, 0.2) is 17.5 Å². The maximum Gasteiger partial charge on any atom is 0.111 e. The summed E-state index contributed by atoms with van der Waals surface area (Å²) < 4.78 is 5.54. The van der Waals surface area contributed by atoms with Crippen LogP contribution in [-0.4, -0.2) is 19.3 Å². The third-order valence-electron chi connectivity index (χ3n) is 2.38. The normalized spacial score (nSPS) is 22.3. The van der Waals surface area contributed by atoms with Crippen molar-refractivity contribution in [2.75, 3.05) is 13.2 Å². The van der Waals surface area contributed by atoms with Gasteiger partial charge in [0.05, 0.1) is 4.88 Å². The molecule has 13 heavy (non-hydrogen) atoms. The van der Waals surface area contributed by atoms with Gasteiger partial charge < -0.3 is 10.1 Å². The molecule has 0 bridgehead atoms. The molecule has 0 aromatic carbocycles. The highest BCUT2D eigenvalue weighted by atomic mass is 32.1. The van der Waals surface area contributed by atoms with Gasteiger partial charge in [0.1, 0.15) is 19.2 Å². The van der Waals surface area contributed by atoms with Gasteiger partial charge in [-0.15, -0.1) is 11.3 Å². The van der Waals surface area contributed by atoms with Crippen LogP contribution in [0, 0.1) is 0 Å². The van der Waals surface area contributed by atoms with Crippen molar-refractivity contribution in [1.82, 2.24) is 0 Å². The smallest absolute Gasteiger partial charge is 0.111 e. The highest BCUT2D eigenvalue weighted by Crippen LogP contribution is 2.09. The van der Waals surface area contributed by atoms with Crippen LogP contribution in [0.25, 0.3) is 0 Å². The van der Waals surface area contributed by atoms with E-state index < -0.39 is 0 Å². The van der Waals surface area contributed by atoms with Crippen LogP contribution in [0.4, 0.5) is 0 Å². The van der Waals surface area contributed by atoms with Crippen LogP contribution >= 0.6 is 11.3 Å². The Morgan fingerprint density at radius 2 is 2.62 bits per heavy atom. The largest absolute Gasteiger partial charge is 0.372 e. The van der Waals surface area contributed by atoms with Crippen LogP contribution in [0.3, 0.4) is 0 Å². The number of quaternary nitrogens is 1. The first-order chi connectivity index (χ1) is 6.45. The second kappa shape index (κ2) is 4.74. The van der Waals surface area contributed by atoms with Gasteiger partial charge in [-0.05, 0) is 24.3 Å². The van der Waals surface area contributed by atoms with Crippen molar-refractivity contribution in [3.05, 3.63) is 22.4 Å². The summed E-state index contributed by atoms with van der Waals surface area (Å²) in [4.78, 5) is 1.46. The Bertz CT molecular complexity index is 229. The molecule has 72 valence electrons. The summed E-state index contributed by atoms with van der Waals surface area (Å²) in [7, 11) is 0. The summed E-state index contributed by atoms with van der Waals surface area (Å²) in [5, 5.41) is 4.48. The number of rotatable bonds is 4. The van der Waals surface area contributed by atoms with E-state index in [1.807, 2.05) is 11.3 Å². The summed E-state index contributed by atoms with van der Waals surface area (Å²) >= 11 is 1.83. The molecule has 1 fully saturated rings. The van der Waals surface area contributed by atoms with E-state index in [1.165, 1.54) is 17.7 Å². The van der Waals surface area contributed by atoms with Crippen molar-refractivity contribution in [1.29, 1.82) is 0 Å². The van der Waals surface area contributed by atoms with E-state index in [-0.39, 0.29) is 0 Å². The molecule has 0 amide bonds. The van der Waals surface area contributed by atoms with Gasteiger partial charge in [0.25, 0.3) is 0 Å². The van der Waals surface area contributed by atoms with E-state index in [9.17, 15) is 0 Å². The average Bonchev–Trinajstić information content (AvgIpc) is 2.75. The molecule has 2 nitrogen and oxygen atoms in total. The van der Waals surface area contributed by atoms with Gasteiger partial charge >= 0.3 is 0 Å². The topological polar surface area (TPSA) is 25.8 Å². The minimum Gasteiger partial charge on any atom is -0.372 e. The van der Waals surface area contributed by atoms with Crippen molar-refractivity contribution in [2.45, 2.75) is 25.5 Å². The molecular weight excluding hydrogens is 182 g/mol. The standard InChI is InChI=1S/C10H15NOS/c1-3-9(12-5-1)7-11-8-10-4-2-6-13-10/h2,4,6,9,11H,1,3,5,7-8H2/p+1/t9-/m0/s1. The molecule has 3 heteroatoms. The molecule has 1 aliphatic rings. The SMILES string of the molecule is c1csc(C[NH2+]C[C@@H]2CCCO2)c1. The Labute approximate surface area is 82.9 Å². The summed E-state index contributed by atoms with van der Waals surface area (Å²) in [5.41, 5.74) is 0. The van der Waals surface area contributed by atoms with Gasteiger partial charge in [-0.25, -0.2) is 0 Å². The molecule has 1 atom stereocenters. The number of hydrogen-bond donors (Lipinski definition) is 1. The summed E-state index contributed by atoms with van der Waals surface area (Å²) in [6, 6.07) is 4.30. The Balaban J connectivity index is 1.63. The van der Waals surface area contributed by atoms with E-state index >= 15 is 0 Å². The molecular formula is C10H16NOS+. The zero-order chi connectivity index (χ0) is 8.93. The predicted octanol–water partition coefficient (Wildman–Crippen LogP) is 0.990. The quantitative estimate of drug-likeness (QED) is 0.767. The molecule has 2 heterocycles. The fourth-order valence-electron chi connectivity index (χ4n) is 1.67. The fourth-order valence-corrected chi connectivity index (χ4v) is 2.37. The fraction of sp³-hybridized carbons (Fsp3) is 0.600. The Morgan fingerprint density at radius 1 is 1.62 bits per heavy atom. The molecule has 2 N–H and O–H groups in total. The molecule has 0 saturated carbocycles. The highest BCUT2D eigenvalue weighted by Gasteiger charge is 2.16. The lowest BCUT2D eigenvalue weighted by molar-refractivity contribution is -0.675. The Hall–Kier alpha value is -0.380. The molecule has 1 aliphatic heterocycles. The minimum atomic E-state index is 0.514. The zero-order valence-corrected chi connectivity index (χ0v) is 8.56. The number of nitrogens with two attached hydrogens (primary N) is 1. The van der Waals surface area contributed by atoms with Crippen LogP contribution in [-0.2, 0) is 11.3 Å². The molecule has 0 unspecified atom stereocenters. The molecule has 2 rings (SSSR count). The summed E-state index contributed by atoms with van der Waals surface area (Å²) in [6.07, 6.45) is 3.01. The van der Waals surface area contributed by atoms with Crippen molar-refractivity contribution in [3.63, 3.8) is 0 Å². The first-order valence-corrected chi connectivity index (χ1v) is 5.79. The maximum atomic E-state index is 5.54. The van der Waals surface area contributed by atoms with E-state index in [0.717, 1.165) is 19.7 Å². The van der Waals surface area contributed by atoms with Gasteiger partial charge in [-0.3, -0.25) is 0 Å². The first-order valence-electron chi connectivity index (χ1n) is 4.91. The van der Waals surface area contributed by atoms with E-state index in [1.54, 1.807) is 0 Å². The number of thiophene rings is 1. The van der Waals surface area contributed by atoms with Gasteiger partial charge in [-0.2, -0.15) is 0 Å². The molecule has 0 radical (unpaired) electrons.